The summed E-state index contributed by atoms with van der Waals surface area (Å²) in [5, 5.41) is -0.901. The van der Waals surface area contributed by atoms with Crippen molar-refractivity contribution in [2.45, 2.75) is 106 Å². The van der Waals surface area contributed by atoms with Crippen molar-refractivity contribution in [1.82, 2.24) is 0 Å². The molecule has 0 bridgehead atoms. The van der Waals surface area contributed by atoms with Crippen LogP contribution in [0.3, 0.4) is 0 Å². The molecule has 188 valence electrons. The largest absolute Gasteiger partial charge is 1.00 e. The summed E-state index contributed by atoms with van der Waals surface area (Å²) in [5.41, 5.74) is 5.08. The molecule has 1 heterocycles. The second-order valence-corrected chi connectivity index (χ2v) is 12.4. The zero-order valence-corrected chi connectivity index (χ0v) is 25.6. The monoisotopic (exact) mass is 525 g/mol. The quantitative estimate of drug-likeness (QED) is 0.200. The van der Waals surface area contributed by atoms with E-state index in [1.807, 2.05) is 11.8 Å². The third-order valence-corrected chi connectivity index (χ3v) is 9.10. The van der Waals surface area contributed by atoms with Crippen molar-refractivity contribution in [3.63, 3.8) is 0 Å². The molecule has 1 aliphatic rings. The van der Waals surface area contributed by atoms with E-state index in [0.717, 1.165) is 25.7 Å². The van der Waals surface area contributed by atoms with Gasteiger partial charge < -0.3 is 9.45 Å². The van der Waals surface area contributed by atoms with E-state index in [9.17, 15) is 13.0 Å². The molecule has 1 aliphatic heterocycles. The number of unbranched alkanes of at least 4 members (excludes halogenated alkanes) is 6. The molecule has 7 heteroatoms. The Hall–Kier alpha value is -0.500. The first-order valence-electron chi connectivity index (χ1n) is 13.0. The third-order valence-electron chi connectivity index (χ3n) is 6.78. The van der Waals surface area contributed by atoms with Crippen LogP contribution >= 0.6 is 11.8 Å². The Kier molecular flexibility index (Phi) is 13.2. The predicted octanol–water partition coefficient (Wildman–Crippen LogP) is 4.86. The second-order valence-electron chi connectivity index (χ2n) is 9.49. The summed E-state index contributed by atoms with van der Waals surface area (Å²) in [6.45, 7) is 6.53. The molecule has 0 saturated carbocycles. The van der Waals surface area contributed by atoms with Gasteiger partial charge in [0.25, 0.3) is 0 Å². The van der Waals surface area contributed by atoms with E-state index < -0.39 is 15.4 Å². The molecule has 0 amide bonds. The fraction of sp³-hybridized carbons (Fsp3) is 0.571. The van der Waals surface area contributed by atoms with Crippen molar-refractivity contribution in [3.8, 4) is 0 Å². The van der Waals surface area contributed by atoms with Gasteiger partial charge in [-0.2, -0.15) is 0 Å². The molecule has 0 saturated heterocycles. The standard InChI is InChI=1S/C28H41NO3S2.Na/c1-4-6-8-10-14-23-16-12-18-25-27(23)29(21-20-22(3)34(30,31)32)28-24(15-11-9-7-5-2)17-13-19-26(28)33-25;/h12-13,16-19,22H,4-11,14-15,20-21H2,1-3H3,(H,30,31,32);/q;+1/p-1. The van der Waals surface area contributed by atoms with E-state index in [1.165, 1.54) is 77.7 Å². The van der Waals surface area contributed by atoms with Gasteiger partial charge in [-0.05, 0) is 62.3 Å². The third kappa shape index (κ3) is 8.51. The fourth-order valence-corrected chi connectivity index (χ4v) is 6.31. The smallest absolute Gasteiger partial charge is 0.748 e. The van der Waals surface area contributed by atoms with E-state index in [2.05, 4.69) is 55.1 Å². The van der Waals surface area contributed by atoms with E-state index >= 15 is 0 Å². The van der Waals surface area contributed by atoms with Gasteiger partial charge in [-0.15, -0.1) is 0 Å². The van der Waals surface area contributed by atoms with Gasteiger partial charge >= 0.3 is 29.6 Å². The zero-order valence-electron chi connectivity index (χ0n) is 22.0. The van der Waals surface area contributed by atoms with Crippen LogP contribution in [0.4, 0.5) is 11.4 Å². The summed E-state index contributed by atoms with van der Waals surface area (Å²) >= 11 is 1.82. The van der Waals surface area contributed by atoms with Crippen LogP contribution in [0, 0.1) is 0 Å². The molecule has 1 atom stereocenters. The maximum absolute atomic E-state index is 11.7. The average Bonchev–Trinajstić information content (AvgIpc) is 2.81. The number of nitrogens with zero attached hydrogens (tertiary/aromatic N) is 1. The summed E-state index contributed by atoms with van der Waals surface area (Å²) in [7, 11) is -4.30. The van der Waals surface area contributed by atoms with E-state index in [4.69, 9.17) is 0 Å². The Morgan fingerprint density at radius 3 is 1.74 bits per heavy atom. The number of benzene rings is 2. The minimum atomic E-state index is -4.30. The number of aryl methyl sites for hydroxylation is 2. The van der Waals surface area contributed by atoms with E-state index in [1.54, 1.807) is 0 Å². The Balaban J connectivity index is 0.00000432. The Morgan fingerprint density at radius 2 is 1.31 bits per heavy atom. The Labute approximate surface area is 239 Å². The molecule has 0 aromatic heterocycles. The first-order valence-corrected chi connectivity index (χ1v) is 15.3. The van der Waals surface area contributed by atoms with Gasteiger partial charge in [-0.3, -0.25) is 0 Å². The molecule has 2 aromatic rings. The van der Waals surface area contributed by atoms with Gasteiger partial charge in [-0.25, -0.2) is 8.42 Å². The van der Waals surface area contributed by atoms with Gasteiger partial charge in [0.05, 0.1) is 21.5 Å². The van der Waals surface area contributed by atoms with Crippen LogP contribution < -0.4 is 34.5 Å². The molecule has 0 radical (unpaired) electrons. The molecule has 2 aromatic carbocycles. The molecule has 3 rings (SSSR count). The molecule has 0 N–H and O–H groups in total. The summed E-state index contributed by atoms with van der Waals surface area (Å²) in [5.74, 6) is 0. The van der Waals surface area contributed by atoms with Crippen molar-refractivity contribution in [2.24, 2.45) is 0 Å². The normalized spacial score (nSPS) is 13.7. The minimum absolute atomic E-state index is 0. The Morgan fingerprint density at radius 1 is 0.829 bits per heavy atom. The first-order chi connectivity index (χ1) is 16.4. The molecule has 4 nitrogen and oxygen atoms in total. The van der Waals surface area contributed by atoms with E-state index in [0.29, 0.717) is 13.0 Å². The minimum Gasteiger partial charge on any atom is -0.748 e. The first kappa shape index (κ1) is 30.7. The molecule has 0 aliphatic carbocycles. The van der Waals surface area contributed by atoms with Crippen LogP contribution in [0.25, 0.3) is 0 Å². The maximum Gasteiger partial charge on any atom is 1.00 e. The molecular formula is C28H40NNaO3S2. The van der Waals surface area contributed by atoms with Crippen molar-refractivity contribution in [1.29, 1.82) is 0 Å². The van der Waals surface area contributed by atoms with Crippen molar-refractivity contribution in [2.75, 3.05) is 11.4 Å². The molecule has 1 unspecified atom stereocenters. The second kappa shape index (κ2) is 15.0. The summed E-state index contributed by atoms with van der Waals surface area (Å²) in [6, 6.07) is 13.1. The van der Waals surface area contributed by atoms with Crippen LogP contribution in [0.2, 0.25) is 0 Å². The van der Waals surface area contributed by atoms with Gasteiger partial charge in [0, 0.05) is 21.6 Å². The van der Waals surface area contributed by atoms with E-state index in [-0.39, 0.29) is 29.6 Å². The fourth-order valence-electron chi connectivity index (χ4n) is 4.71. The number of hydrogen-bond acceptors (Lipinski definition) is 5. The summed E-state index contributed by atoms with van der Waals surface area (Å²) in [6.07, 6.45) is 12.0. The van der Waals surface area contributed by atoms with Gasteiger partial charge in [0.15, 0.2) is 0 Å². The van der Waals surface area contributed by atoms with Gasteiger partial charge in [0.2, 0.25) is 0 Å². The maximum atomic E-state index is 11.7. The van der Waals surface area contributed by atoms with Crippen LogP contribution in [0.15, 0.2) is 46.2 Å². The van der Waals surface area contributed by atoms with Crippen LogP contribution in [0.5, 0.6) is 0 Å². The van der Waals surface area contributed by atoms with Crippen molar-refractivity contribution >= 4 is 33.3 Å². The average molecular weight is 526 g/mol. The van der Waals surface area contributed by atoms with Crippen molar-refractivity contribution in [3.05, 3.63) is 47.5 Å². The number of fused-ring (bicyclic) bond motifs is 2. The molecule has 0 fully saturated rings. The van der Waals surface area contributed by atoms with Crippen molar-refractivity contribution < 1.29 is 42.5 Å². The number of para-hydroxylation sites is 2. The van der Waals surface area contributed by atoms with Gasteiger partial charge in [-0.1, -0.05) is 88.4 Å². The molecule has 0 spiro atoms. The van der Waals surface area contributed by atoms with Crippen LogP contribution in [-0.2, 0) is 23.0 Å². The summed E-state index contributed by atoms with van der Waals surface area (Å²) < 4.78 is 35.0. The topological polar surface area (TPSA) is 60.4 Å². The molecular weight excluding hydrogens is 485 g/mol. The Bertz CT molecular complexity index is 981. The van der Waals surface area contributed by atoms with Gasteiger partial charge in [0.1, 0.15) is 0 Å². The number of hydrogen-bond donors (Lipinski definition) is 0. The zero-order chi connectivity index (χ0) is 24.6. The SMILES string of the molecule is CCCCCCc1cccc2c1N(CCC(C)S(=O)(=O)[O-])c1c(CCCCCC)cccc1S2.[Na+]. The van der Waals surface area contributed by atoms with Crippen LogP contribution in [0.1, 0.15) is 89.7 Å². The number of rotatable bonds is 14. The summed E-state index contributed by atoms with van der Waals surface area (Å²) in [4.78, 5) is 4.79. The predicted molar refractivity (Wildman–Crippen MR) is 143 cm³/mol. The molecule has 35 heavy (non-hydrogen) atoms. The number of anilines is 2. The van der Waals surface area contributed by atoms with Crippen LogP contribution in [-0.4, -0.2) is 24.8 Å².